The smallest absolute Gasteiger partial charge is 0.0411 e. The third-order valence-electron chi connectivity index (χ3n) is 2.86. The Morgan fingerprint density at radius 1 is 1.38 bits per heavy atom. The Morgan fingerprint density at radius 3 is 2.69 bits per heavy atom. The van der Waals surface area contributed by atoms with Crippen molar-refractivity contribution in [2.24, 2.45) is 5.92 Å². The van der Waals surface area contributed by atoms with E-state index < -0.39 is 0 Å². The van der Waals surface area contributed by atoms with Gasteiger partial charge in [-0.2, -0.15) is 0 Å². The molecule has 1 aromatic rings. The summed E-state index contributed by atoms with van der Waals surface area (Å²) in [5.41, 5.74) is 3.50. The van der Waals surface area contributed by atoms with Crippen molar-refractivity contribution in [2.45, 2.75) is 20.3 Å². The molecule has 88 valence electrons. The Hall–Kier alpha value is -1.28. The first-order valence-corrected chi connectivity index (χ1v) is 5.81. The highest BCUT2D eigenvalue weighted by molar-refractivity contribution is 5.54. The molecule has 0 heterocycles. The van der Waals surface area contributed by atoms with E-state index in [1.165, 1.54) is 5.56 Å². The van der Waals surface area contributed by atoms with Gasteiger partial charge >= 0.3 is 0 Å². The van der Waals surface area contributed by atoms with Crippen LogP contribution in [0.15, 0.2) is 36.5 Å². The molecule has 2 nitrogen and oxygen atoms in total. The third-order valence-corrected chi connectivity index (χ3v) is 2.86. The molecule has 1 aromatic carbocycles. The third kappa shape index (κ3) is 3.70. The van der Waals surface area contributed by atoms with Crippen LogP contribution in [0.2, 0.25) is 0 Å². The van der Waals surface area contributed by atoms with Gasteiger partial charge in [-0.1, -0.05) is 31.7 Å². The Labute approximate surface area is 98.8 Å². The van der Waals surface area contributed by atoms with Gasteiger partial charge in [-0.25, -0.2) is 0 Å². The van der Waals surface area contributed by atoms with Crippen molar-refractivity contribution in [1.82, 2.24) is 5.32 Å². The van der Waals surface area contributed by atoms with Crippen LogP contribution in [-0.2, 0) is 0 Å². The van der Waals surface area contributed by atoms with E-state index in [0.29, 0.717) is 5.92 Å². The van der Waals surface area contributed by atoms with E-state index in [4.69, 9.17) is 0 Å². The fourth-order valence-electron chi connectivity index (χ4n) is 1.54. The van der Waals surface area contributed by atoms with Crippen molar-refractivity contribution in [3.63, 3.8) is 0 Å². The van der Waals surface area contributed by atoms with E-state index >= 15 is 0 Å². The normalized spacial score (nSPS) is 12.2. The Morgan fingerprint density at radius 2 is 2.06 bits per heavy atom. The molecular formula is C14H22N2. The van der Waals surface area contributed by atoms with E-state index in [9.17, 15) is 0 Å². The minimum atomic E-state index is 0.479. The van der Waals surface area contributed by atoms with Gasteiger partial charge < -0.3 is 10.6 Å². The van der Waals surface area contributed by atoms with Crippen molar-refractivity contribution in [2.75, 3.05) is 18.9 Å². The number of nitrogens with one attached hydrogen (secondary N) is 2. The van der Waals surface area contributed by atoms with Crippen LogP contribution in [0.1, 0.15) is 18.9 Å². The van der Waals surface area contributed by atoms with Crippen molar-refractivity contribution < 1.29 is 0 Å². The zero-order chi connectivity index (χ0) is 12.0. The van der Waals surface area contributed by atoms with E-state index in [0.717, 1.165) is 24.4 Å². The molecule has 0 aliphatic carbocycles. The number of hydrogen-bond donors (Lipinski definition) is 2. The summed E-state index contributed by atoms with van der Waals surface area (Å²) in [7, 11) is 1.98. The van der Waals surface area contributed by atoms with E-state index in [1.807, 2.05) is 19.2 Å². The van der Waals surface area contributed by atoms with Crippen LogP contribution in [0.3, 0.4) is 0 Å². The molecule has 2 heteroatoms. The molecule has 0 radical (unpaired) electrons. The molecule has 0 saturated carbocycles. The van der Waals surface area contributed by atoms with Gasteiger partial charge in [0.25, 0.3) is 0 Å². The molecule has 1 unspecified atom stereocenters. The molecule has 0 fully saturated rings. The Bertz CT molecular complexity index is 344. The van der Waals surface area contributed by atoms with E-state index in [1.54, 1.807) is 0 Å². The SMILES string of the molecule is C=C(Nc1ccccc1C)C(C)CCNC. The summed E-state index contributed by atoms with van der Waals surface area (Å²) < 4.78 is 0. The van der Waals surface area contributed by atoms with Crippen molar-refractivity contribution in [3.8, 4) is 0 Å². The van der Waals surface area contributed by atoms with Crippen LogP contribution in [0, 0.1) is 12.8 Å². The second-order valence-corrected chi connectivity index (χ2v) is 4.26. The zero-order valence-corrected chi connectivity index (χ0v) is 10.5. The molecule has 16 heavy (non-hydrogen) atoms. The predicted molar refractivity (Wildman–Crippen MR) is 71.6 cm³/mol. The summed E-state index contributed by atoms with van der Waals surface area (Å²) in [6, 6.07) is 8.29. The van der Waals surface area contributed by atoms with Gasteiger partial charge in [-0.15, -0.1) is 0 Å². The standard InChI is InChI=1S/C14H22N2/c1-11(9-10-15-4)13(3)16-14-8-6-5-7-12(14)2/h5-8,11,15-16H,3,9-10H2,1-2,4H3. The first-order valence-electron chi connectivity index (χ1n) is 5.81. The molecular weight excluding hydrogens is 196 g/mol. The summed E-state index contributed by atoms with van der Waals surface area (Å²) in [5.74, 6) is 0.479. The van der Waals surface area contributed by atoms with Gasteiger partial charge in [0.05, 0.1) is 0 Å². The maximum absolute atomic E-state index is 4.11. The zero-order valence-electron chi connectivity index (χ0n) is 10.5. The maximum atomic E-state index is 4.11. The molecule has 0 amide bonds. The number of benzene rings is 1. The van der Waals surface area contributed by atoms with Crippen LogP contribution in [0.4, 0.5) is 5.69 Å². The van der Waals surface area contributed by atoms with Gasteiger partial charge in [0.1, 0.15) is 0 Å². The first kappa shape index (κ1) is 12.8. The highest BCUT2D eigenvalue weighted by atomic mass is 14.9. The number of anilines is 1. The molecule has 0 aliphatic heterocycles. The lowest BCUT2D eigenvalue weighted by Gasteiger charge is -2.18. The van der Waals surface area contributed by atoms with Crippen LogP contribution >= 0.6 is 0 Å². The predicted octanol–water partition coefficient (Wildman–Crippen LogP) is 3.17. The lowest BCUT2D eigenvalue weighted by atomic mass is 10.0. The first-order chi connectivity index (χ1) is 7.65. The van der Waals surface area contributed by atoms with Crippen LogP contribution in [-0.4, -0.2) is 13.6 Å². The largest absolute Gasteiger partial charge is 0.359 e. The number of para-hydroxylation sites is 1. The summed E-state index contributed by atoms with van der Waals surface area (Å²) in [4.78, 5) is 0. The van der Waals surface area contributed by atoms with Gasteiger partial charge in [0.2, 0.25) is 0 Å². The summed E-state index contributed by atoms with van der Waals surface area (Å²) >= 11 is 0. The number of hydrogen-bond acceptors (Lipinski definition) is 2. The average molecular weight is 218 g/mol. The molecule has 0 bridgehead atoms. The van der Waals surface area contributed by atoms with Gasteiger partial charge in [-0.05, 0) is 44.5 Å². The highest BCUT2D eigenvalue weighted by Gasteiger charge is 2.07. The van der Waals surface area contributed by atoms with Crippen molar-refractivity contribution in [3.05, 3.63) is 42.1 Å². The molecule has 0 aromatic heterocycles. The quantitative estimate of drug-likeness (QED) is 0.766. The minimum Gasteiger partial charge on any atom is -0.359 e. The van der Waals surface area contributed by atoms with Gasteiger partial charge in [-0.3, -0.25) is 0 Å². The average Bonchev–Trinajstić information content (AvgIpc) is 2.28. The van der Waals surface area contributed by atoms with Gasteiger partial charge in [0, 0.05) is 11.4 Å². The van der Waals surface area contributed by atoms with E-state index in [-0.39, 0.29) is 0 Å². The van der Waals surface area contributed by atoms with E-state index in [2.05, 4.69) is 43.2 Å². The highest BCUT2D eigenvalue weighted by Crippen LogP contribution is 2.19. The monoisotopic (exact) mass is 218 g/mol. The second-order valence-electron chi connectivity index (χ2n) is 4.26. The van der Waals surface area contributed by atoms with Gasteiger partial charge in [0.15, 0.2) is 0 Å². The van der Waals surface area contributed by atoms with Crippen LogP contribution in [0.5, 0.6) is 0 Å². The molecule has 2 N–H and O–H groups in total. The molecule has 1 rings (SSSR count). The minimum absolute atomic E-state index is 0.479. The summed E-state index contributed by atoms with van der Waals surface area (Å²) in [6.07, 6.45) is 1.11. The lowest BCUT2D eigenvalue weighted by Crippen LogP contribution is -2.15. The molecule has 0 aliphatic rings. The Balaban J connectivity index is 2.54. The lowest BCUT2D eigenvalue weighted by molar-refractivity contribution is 0.588. The van der Waals surface area contributed by atoms with Crippen molar-refractivity contribution >= 4 is 5.69 Å². The van der Waals surface area contributed by atoms with Crippen LogP contribution in [0.25, 0.3) is 0 Å². The molecule has 0 saturated heterocycles. The second kappa shape index (κ2) is 6.33. The molecule has 1 atom stereocenters. The number of rotatable bonds is 6. The topological polar surface area (TPSA) is 24.1 Å². The Kier molecular flexibility index (Phi) is 5.06. The number of aryl methyl sites for hydroxylation is 1. The maximum Gasteiger partial charge on any atom is 0.0411 e. The van der Waals surface area contributed by atoms with Crippen LogP contribution < -0.4 is 10.6 Å². The fraction of sp³-hybridized carbons (Fsp3) is 0.429. The fourth-order valence-corrected chi connectivity index (χ4v) is 1.54. The summed E-state index contributed by atoms with van der Waals surface area (Å²) in [6.45, 7) is 9.43. The number of allylic oxidation sites excluding steroid dienone is 1. The molecule has 0 spiro atoms. The summed E-state index contributed by atoms with van der Waals surface area (Å²) in [5, 5.41) is 6.56. The van der Waals surface area contributed by atoms with Crippen molar-refractivity contribution in [1.29, 1.82) is 0 Å².